The number of rotatable bonds is 7. The van der Waals surface area contributed by atoms with Gasteiger partial charge in [0.25, 0.3) is 0 Å². The summed E-state index contributed by atoms with van der Waals surface area (Å²) >= 11 is 0. The van der Waals surface area contributed by atoms with Crippen molar-refractivity contribution >= 4 is 0 Å². The summed E-state index contributed by atoms with van der Waals surface area (Å²) in [7, 11) is 2.23. The average Bonchev–Trinajstić information content (AvgIpc) is 2.59. The molecule has 2 nitrogen and oxygen atoms in total. The highest BCUT2D eigenvalue weighted by molar-refractivity contribution is 5.03. The van der Waals surface area contributed by atoms with E-state index in [1.807, 2.05) is 0 Å². The summed E-state index contributed by atoms with van der Waals surface area (Å²) in [5.41, 5.74) is 0. The minimum Gasteiger partial charge on any atom is -0.396 e. The molecule has 1 N–H and O–H groups in total. The molecule has 1 rings (SSSR count). The van der Waals surface area contributed by atoms with E-state index in [4.69, 9.17) is 5.11 Å². The van der Waals surface area contributed by atoms with Gasteiger partial charge in [0, 0.05) is 6.61 Å². The number of hydrogen-bond acceptors (Lipinski definition) is 1. The first kappa shape index (κ1) is 11.5. The third-order valence-corrected chi connectivity index (χ3v) is 2.76. The molecule has 0 aromatic heterocycles. The molecule has 0 atom stereocenters. The molecule has 0 saturated heterocycles. The summed E-state index contributed by atoms with van der Waals surface area (Å²) in [5.74, 6) is 0. The van der Waals surface area contributed by atoms with E-state index in [0.717, 1.165) is 10.9 Å². The molecule has 0 aromatic carbocycles. The number of nitrogens with zero attached hydrogens (tertiary/aromatic N) is 1. The van der Waals surface area contributed by atoms with Crippen LogP contribution in [0, 0.1) is 0 Å². The Hall–Kier alpha value is -0.600. The van der Waals surface area contributed by atoms with Gasteiger partial charge in [-0.2, -0.15) is 0 Å². The van der Waals surface area contributed by atoms with Gasteiger partial charge >= 0.3 is 0 Å². The third kappa shape index (κ3) is 4.07. The highest BCUT2D eigenvalue weighted by atomic mass is 16.2. The van der Waals surface area contributed by atoms with Crippen LogP contribution in [-0.4, -0.2) is 29.8 Å². The van der Waals surface area contributed by atoms with Gasteiger partial charge < -0.3 is 5.11 Å². The molecule has 1 heterocycles. The van der Waals surface area contributed by atoms with E-state index < -0.39 is 0 Å². The lowest BCUT2D eigenvalue weighted by molar-refractivity contribution is -0.804. The molecule has 1 aliphatic rings. The van der Waals surface area contributed by atoms with Gasteiger partial charge in [0.2, 0.25) is 0 Å². The maximum Gasteiger partial charge on any atom is 0.100 e. The molecule has 0 spiro atoms. The molecule has 0 radical (unpaired) electrons. The largest absolute Gasteiger partial charge is 0.396 e. The normalized spacial score (nSPS) is 17.9. The fourth-order valence-electron chi connectivity index (χ4n) is 1.79. The van der Waals surface area contributed by atoms with Gasteiger partial charge in [0.05, 0.1) is 13.6 Å². The van der Waals surface area contributed by atoms with Crippen molar-refractivity contribution < 1.29 is 9.59 Å². The quantitative estimate of drug-likeness (QED) is 0.490. The predicted molar refractivity (Wildman–Crippen MR) is 59.5 cm³/mol. The van der Waals surface area contributed by atoms with Crippen LogP contribution in [0.25, 0.3) is 0 Å². The SMILES string of the molecule is C[N+]1(CCCCCCCO)C=CC=C1. The zero-order valence-corrected chi connectivity index (χ0v) is 9.15. The van der Waals surface area contributed by atoms with E-state index in [9.17, 15) is 0 Å². The molecule has 14 heavy (non-hydrogen) atoms. The van der Waals surface area contributed by atoms with Crippen molar-refractivity contribution in [2.45, 2.75) is 32.1 Å². The Kier molecular flexibility index (Phi) is 4.91. The molecule has 0 fully saturated rings. The second kappa shape index (κ2) is 5.99. The van der Waals surface area contributed by atoms with Crippen LogP contribution in [0.4, 0.5) is 0 Å². The molecule has 2 heteroatoms. The molecule has 0 saturated carbocycles. The van der Waals surface area contributed by atoms with E-state index >= 15 is 0 Å². The smallest absolute Gasteiger partial charge is 0.100 e. The highest BCUT2D eigenvalue weighted by Gasteiger charge is 2.16. The van der Waals surface area contributed by atoms with Crippen LogP contribution < -0.4 is 0 Å². The summed E-state index contributed by atoms with van der Waals surface area (Å²) in [6.45, 7) is 1.55. The lowest BCUT2D eigenvalue weighted by Gasteiger charge is -2.22. The maximum absolute atomic E-state index is 8.62. The van der Waals surface area contributed by atoms with Gasteiger partial charge in [-0.05, 0) is 31.4 Å². The molecule has 0 aliphatic carbocycles. The number of allylic oxidation sites excluding steroid dienone is 2. The maximum atomic E-state index is 8.62. The fraction of sp³-hybridized carbons (Fsp3) is 0.667. The Morgan fingerprint density at radius 2 is 1.50 bits per heavy atom. The average molecular weight is 196 g/mol. The van der Waals surface area contributed by atoms with Crippen molar-refractivity contribution in [2.75, 3.05) is 20.2 Å². The Bertz CT molecular complexity index is 196. The fourth-order valence-corrected chi connectivity index (χ4v) is 1.79. The summed E-state index contributed by atoms with van der Waals surface area (Å²) in [6.07, 6.45) is 14.6. The van der Waals surface area contributed by atoms with Crippen molar-refractivity contribution in [2.24, 2.45) is 0 Å². The minimum atomic E-state index is 0.346. The first-order valence-corrected chi connectivity index (χ1v) is 5.60. The monoisotopic (exact) mass is 196 g/mol. The second-order valence-electron chi connectivity index (χ2n) is 4.24. The van der Waals surface area contributed by atoms with E-state index in [2.05, 4.69) is 31.6 Å². The summed E-state index contributed by atoms with van der Waals surface area (Å²) < 4.78 is 0.958. The van der Waals surface area contributed by atoms with E-state index in [1.165, 1.54) is 32.2 Å². The van der Waals surface area contributed by atoms with Crippen molar-refractivity contribution in [3.05, 3.63) is 24.6 Å². The third-order valence-electron chi connectivity index (χ3n) is 2.76. The molecular formula is C12H22NO+. The number of hydrogen-bond donors (Lipinski definition) is 1. The molecule has 80 valence electrons. The van der Waals surface area contributed by atoms with Crippen molar-refractivity contribution in [1.82, 2.24) is 0 Å². The van der Waals surface area contributed by atoms with Gasteiger partial charge in [-0.25, -0.2) is 0 Å². The van der Waals surface area contributed by atoms with Crippen LogP contribution in [0.5, 0.6) is 0 Å². The highest BCUT2D eigenvalue weighted by Crippen LogP contribution is 2.14. The summed E-state index contributed by atoms with van der Waals surface area (Å²) in [4.78, 5) is 0. The van der Waals surface area contributed by atoms with Crippen LogP contribution in [0.2, 0.25) is 0 Å². The van der Waals surface area contributed by atoms with Crippen molar-refractivity contribution in [3.8, 4) is 0 Å². The zero-order chi connectivity index (χ0) is 10.3. The lowest BCUT2D eigenvalue weighted by atomic mass is 10.1. The Balaban J connectivity index is 1.99. The lowest BCUT2D eigenvalue weighted by Crippen LogP contribution is -2.31. The Labute approximate surface area is 87.1 Å². The second-order valence-corrected chi connectivity index (χ2v) is 4.24. The molecule has 0 amide bonds. The standard InChI is InChI=1S/C12H22NO/c1-13(10-6-7-11-13)9-5-3-2-4-8-12-14/h6-7,10-11,14H,2-5,8-9,12H2,1H3/q+1. The first-order chi connectivity index (χ1) is 6.77. The van der Waals surface area contributed by atoms with E-state index in [0.29, 0.717) is 6.61 Å². The number of aliphatic hydroxyl groups excluding tert-OH is 1. The van der Waals surface area contributed by atoms with Crippen LogP contribution in [-0.2, 0) is 0 Å². The van der Waals surface area contributed by atoms with Crippen LogP contribution >= 0.6 is 0 Å². The first-order valence-electron chi connectivity index (χ1n) is 5.60. The van der Waals surface area contributed by atoms with E-state index in [1.54, 1.807) is 0 Å². The van der Waals surface area contributed by atoms with E-state index in [-0.39, 0.29) is 0 Å². The number of aliphatic hydroxyl groups is 1. The molecule has 0 bridgehead atoms. The van der Waals surface area contributed by atoms with Crippen LogP contribution in [0.3, 0.4) is 0 Å². The van der Waals surface area contributed by atoms with Gasteiger partial charge in [0.1, 0.15) is 12.4 Å². The number of unbranched alkanes of at least 4 members (excludes halogenated alkanes) is 4. The Morgan fingerprint density at radius 3 is 2.14 bits per heavy atom. The number of quaternary nitrogens is 1. The minimum absolute atomic E-state index is 0.346. The van der Waals surface area contributed by atoms with Gasteiger partial charge in [-0.15, -0.1) is 0 Å². The van der Waals surface area contributed by atoms with Crippen molar-refractivity contribution in [1.29, 1.82) is 0 Å². The summed E-state index contributed by atoms with van der Waals surface area (Å²) in [6, 6.07) is 0. The van der Waals surface area contributed by atoms with Crippen molar-refractivity contribution in [3.63, 3.8) is 0 Å². The molecule has 0 aromatic rings. The van der Waals surface area contributed by atoms with Gasteiger partial charge in [-0.3, -0.25) is 4.48 Å². The van der Waals surface area contributed by atoms with Gasteiger partial charge in [-0.1, -0.05) is 12.8 Å². The molecular weight excluding hydrogens is 174 g/mol. The zero-order valence-electron chi connectivity index (χ0n) is 9.15. The molecule has 0 unspecified atom stereocenters. The van der Waals surface area contributed by atoms with Gasteiger partial charge in [0.15, 0.2) is 0 Å². The Morgan fingerprint density at radius 1 is 0.929 bits per heavy atom. The van der Waals surface area contributed by atoms with Crippen LogP contribution in [0.15, 0.2) is 24.6 Å². The summed E-state index contributed by atoms with van der Waals surface area (Å²) in [5, 5.41) is 8.62. The molecule has 1 aliphatic heterocycles. The predicted octanol–water partition coefficient (Wildman–Crippen LogP) is 2.42. The van der Waals surface area contributed by atoms with Crippen LogP contribution in [0.1, 0.15) is 32.1 Å². The topological polar surface area (TPSA) is 20.2 Å².